The smallest absolute Gasteiger partial charge is 0.319 e. The van der Waals surface area contributed by atoms with E-state index in [4.69, 9.17) is 11.6 Å². The van der Waals surface area contributed by atoms with Gasteiger partial charge in [0.05, 0.1) is 23.8 Å². The molecule has 1 fully saturated rings. The second-order valence-corrected chi connectivity index (χ2v) is 10.8. The maximum Gasteiger partial charge on any atom is 0.319 e. The summed E-state index contributed by atoms with van der Waals surface area (Å²) in [5.74, 6) is -0.198. The van der Waals surface area contributed by atoms with Gasteiger partial charge >= 0.3 is 6.03 Å². The second kappa shape index (κ2) is 11.1. The van der Waals surface area contributed by atoms with Gasteiger partial charge in [0.1, 0.15) is 6.04 Å². The lowest BCUT2D eigenvalue weighted by atomic mass is 10.0. The third kappa shape index (κ3) is 6.81. The van der Waals surface area contributed by atoms with Gasteiger partial charge in [-0.3, -0.25) is 9.78 Å². The minimum atomic E-state index is -3.29. The fraction of sp³-hybridized carbons (Fsp3) is 0.240. The van der Waals surface area contributed by atoms with E-state index in [1.54, 1.807) is 35.4 Å². The zero-order valence-electron chi connectivity index (χ0n) is 19.6. The van der Waals surface area contributed by atoms with Gasteiger partial charge < -0.3 is 15.5 Å². The number of sulfonamides is 1. The minimum absolute atomic E-state index is 0.188. The maximum absolute atomic E-state index is 13.1. The molecule has 3 aromatic rings. The number of piperidine rings is 1. The van der Waals surface area contributed by atoms with E-state index in [1.165, 1.54) is 0 Å². The number of urea groups is 1. The number of halogens is 1. The number of carbonyl (C=O) groups is 2. The molecule has 0 saturated carbocycles. The number of anilines is 2. The number of hydrogen-bond acceptors (Lipinski definition) is 5. The number of nitrogens with zero attached hydrogens (tertiary/aromatic N) is 2. The summed E-state index contributed by atoms with van der Waals surface area (Å²) in [5, 5.41) is 6.03. The number of pyridine rings is 1. The average Bonchev–Trinajstić information content (AvgIpc) is 2.85. The van der Waals surface area contributed by atoms with Crippen molar-refractivity contribution in [2.24, 2.45) is 0 Å². The van der Waals surface area contributed by atoms with Crippen LogP contribution in [0.4, 0.5) is 16.2 Å². The molecule has 1 aliphatic rings. The fourth-order valence-corrected chi connectivity index (χ4v) is 4.45. The van der Waals surface area contributed by atoms with Crippen LogP contribution in [0, 0.1) is 0 Å². The quantitative estimate of drug-likeness (QED) is 0.432. The predicted octanol–water partition coefficient (Wildman–Crippen LogP) is 3.77. The summed E-state index contributed by atoms with van der Waals surface area (Å²) in [4.78, 5) is 31.6. The van der Waals surface area contributed by atoms with E-state index in [-0.39, 0.29) is 12.5 Å². The van der Waals surface area contributed by atoms with E-state index in [9.17, 15) is 18.0 Å². The van der Waals surface area contributed by atoms with Crippen LogP contribution in [-0.4, -0.2) is 44.2 Å². The van der Waals surface area contributed by atoms with Gasteiger partial charge in [-0.25, -0.2) is 17.9 Å². The first-order chi connectivity index (χ1) is 17.2. The lowest BCUT2D eigenvalue weighted by Crippen LogP contribution is -2.53. The third-order valence-corrected chi connectivity index (χ3v) is 6.59. The Morgan fingerprint density at radius 2 is 1.92 bits per heavy atom. The number of hydrogen-bond donors (Lipinski definition) is 3. The van der Waals surface area contributed by atoms with Gasteiger partial charge in [-0.1, -0.05) is 29.8 Å². The van der Waals surface area contributed by atoms with Crippen molar-refractivity contribution in [2.75, 3.05) is 23.0 Å². The molecule has 1 aliphatic heterocycles. The Balaban J connectivity index is 1.40. The van der Waals surface area contributed by atoms with E-state index in [2.05, 4.69) is 20.3 Å². The van der Waals surface area contributed by atoms with Crippen LogP contribution in [0.5, 0.6) is 0 Å². The third-order valence-electron chi connectivity index (χ3n) is 5.67. The Hall–Kier alpha value is -3.47. The highest BCUT2D eigenvalue weighted by atomic mass is 35.5. The first-order valence-electron chi connectivity index (χ1n) is 11.3. The van der Waals surface area contributed by atoms with Gasteiger partial charge in [0, 0.05) is 29.4 Å². The summed E-state index contributed by atoms with van der Waals surface area (Å²) in [7, 11) is -3.29. The molecule has 0 spiro atoms. The number of benzene rings is 2. The molecule has 0 radical (unpaired) electrons. The van der Waals surface area contributed by atoms with Gasteiger partial charge in [-0.15, -0.1) is 0 Å². The lowest BCUT2D eigenvalue weighted by Gasteiger charge is -2.32. The van der Waals surface area contributed by atoms with Crippen LogP contribution in [0.2, 0.25) is 5.02 Å². The maximum atomic E-state index is 13.1. The molecule has 0 aliphatic carbocycles. The Morgan fingerprint density at radius 3 is 2.61 bits per heavy atom. The summed E-state index contributed by atoms with van der Waals surface area (Å²) in [6.45, 7) is 0.719. The molecule has 1 atom stereocenters. The van der Waals surface area contributed by atoms with Crippen molar-refractivity contribution in [1.29, 1.82) is 0 Å². The van der Waals surface area contributed by atoms with Crippen LogP contribution in [0.3, 0.4) is 0 Å². The van der Waals surface area contributed by atoms with Crippen molar-refractivity contribution in [3.63, 3.8) is 0 Å². The lowest BCUT2D eigenvalue weighted by molar-refractivity contribution is -0.121. The topological polar surface area (TPSA) is 121 Å². The van der Waals surface area contributed by atoms with Crippen molar-refractivity contribution in [2.45, 2.75) is 25.4 Å². The molecule has 188 valence electrons. The number of amides is 3. The highest BCUT2D eigenvalue weighted by Gasteiger charge is 2.31. The molecule has 11 heteroatoms. The second-order valence-electron chi connectivity index (χ2n) is 8.49. The number of aromatic nitrogens is 1. The SMILES string of the molecule is CS(=O)(=O)NCc1cccc(-c2ccc(N3CCC[C@@H](NC(=O)Nc4ccc(Cl)cc4)C3=O)cn2)c1. The van der Waals surface area contributed by atoms with Crippen LogP contribution >= 0.6 is 11.6 Å². The van der Waals surface area contributed by atoms with E-state index in [1.807, 2.05) is 36.4 Å². The molecule has 2 heterocycles. The van der Waals surface area contributed by atoms with Gasteiger partial charge in [0.2, 0.25) is 15.9 Å². The first kappa shape index (κ1) is 25.6. The molecule has 1 saturated heterocycles. The van der Waals surface area contributed by atoms with Crippen LogP contribution < -0.4 is 20.3 Å². The highest BCUT2D eigenvalue weighted by Crippen LogP contribution is 2.24. The Kier molecular flexibility index (Phi) is 7.88. The summed E-state index contributed by atoms with van der Waals surface area (Å²) in [6.07, 6.45) is 4.02. The van der Waals surface area contributed by atoms with Crippen molar-refractivity contribution in [1.82, 2.24) is 15.0 Å². The van der Waals surface area contributed by atoms with Crippen molar-refractivity contribution < 1.29 is 18.0 Å². The van der Waals surface area contributed by atoms with E-state index in [0.29, 0.717) is 35.1 Å². The van der Waals surface area contributed by atoms with Gasteiger partial charge in [0.25, 0.3) is 0 Å². The molecular formula is C25H26ClN5O4S. The number of rotatable bonds is 7. The number of nitrogens with one attached hydrogen (secondary N) is 3. The Labute approximate surface area is 214 Å². The minimum Gasteiger partial charge on any atom is -0.326 e. The molecule has 3 amide bonds. The molecule has 0 bridgehead atoms. The van der Waals surface area contributed by atoms with Crippen LogP contribution in [0.1, 0.15) is 18.4 Å². The van der Waals surface area contributed by atoms with Crippen LogP contribution in [0.15, 0.2) is 66.9 Å². The fourth-order valence-electron chi connectivity index (χ4n) is 3.90. The van der Waals surface area contributed by atoms with Crippen LogP contribution in [-0.2, 0) is 21.4 Å². The Bertz CT molecular complexity index is 1350. The standard InChI is InChI=1S/C25H26ClN5O4S/c1-36(34,35)28-15-17-4-2-5-18(14-17)22-12-11-21(16-27-22)31-13-3-6-23(24(31)32)30-25(33)29-20-9-7-19(26)8-10-20/h2,4-5,7-12,14,16,23,28H,3,6,13,15H2,1H3,(H2,29,30,33)/t23-/m1/s1. The molecule has 3 N–H and O–H groups in total. The zero-order valence-corrected chi connectivity index (χ0v) is 21.1. The molecule has 1 aromatic heterocycles. The summed E-state index contributed by atoms with van der Waals surface area (Å²) < 4.78 is 25.2. The number of carbonyl (C=O) groups excluding carboxylic acids is 2. The van der Waals surface area contributed by atoms with E-state index < -0.39 is 22.1 Å². The zero-order chi connectivity index (χ0) is 25.7. The molecule has 4 rings (SSSR count). The largest absolute Gasteiger partial charge is 0.326 e. The molecule has 2 aromatic carbocycles. The van der Waals surface area contributed by atoms with Crippen molar-refractivity contribution >= 4 is 44.9 Å². The summed E-state index contributed by atoms with van der Waals surface area (Å²) in [6, 6.07) is 16.7. The molecule has 9 nitrogen and oxygen atoms in total. The molecule has 0 unspecified atom stereocenters. The summed E-state index contributed by atoms with van der Waals surface area (Å²) >= 11 is 5.87. The Morgan fingerprint density at radius 1 is 1.14 bits per heavy atom. The van der Waals surface area contributed by atoms with E-state index >= 15 is 0 Å². The highest BCUT2D eigenvalue weighted by molar-refractivity contribution is 7.88. The van der Waals surface area contributed by atoms with Gasteiger partial charge in [-0.05, 0) is 60.9 Å². The first-order valence-corrected chi connectivity index (χ1v) is 13.6. The predicted molar refractivity (Wildman–Crippen MR) is 140 cm³/mol. The van der Waals surface area contributed by atoms with Gasteiger partial charge in [0.15, 0.2) is 0 Å². The average molecular weight is 528 g/mol. The monoisotopic (exact) mass is 527 g/mol. The van der Waals surface area contributed by atoms with Crippen molar-refractivity contribution in [3.8, 4) is 11.3 Å². The van der Waals surface area contributed by atoms with Crippen LogP contribution in [0.25, 0.3) is 11.3 Å². The molecular weight excluding hydrogens is 502 g/mol. The summed E-state index contributed by atoms with van der Waals surface area (Å²) in [5.41, 5.74) is 3.55. The van der Waals surface area contributed by atoms with E-state index in [0.717, 1.165) is 23.8 Å². The molecule has 36 heavy (non-hydrogen) atoms. The van der Waals surface area contributed by atoms with Crippen molar-refractivity contribution in [3.05, 3.63) is 77.4 Å². The van der Waals surface area contributed by atoms with Gasteiger partial charge in [-0.2, -0.15) is 0 Å². The normalized spacial score (nSPS) is 16.0.